The van der Waals surface area contributed by atoms with Gasteiger partial charge in [-0.05, 0) is 36.4 Å². The lowest BCUT2D eigenvalue weighted by molar-refractivity contribution is 0.0768. The minimum Gasteiger partial charge on any atom is -0.492 e. The minimum atomic E-state index is -0.308. The van der Waals surface area contributed by atoms with Crippen LogP contribution in [0.25, 0.3) is 10.9 Å². The highest BCUT2D eigenvalue weighted by atomic mass is 19.1. The molecule has 122 valence electrons. The second-order valence-corrected chi connectivity index (χ2v) is 5.42. The fraction of sp³-hybridized carbons (Fsp3) is 0.158. The van der Waals surface area contributed by atoms with Crippen molar-refractivity contribution in [3.63, 3.8) is 0 Å². The van der Waals surface area contributed by atoms with Crippen LogP contribution in [-0.2, 0) is 0 Å². The van der Waals surface area contributed by atoms with Gasteiger partial charge in [-0.1, -0.05) is 24.3 Å². The molecule has 0 aliphatic heterocycles. The molecule has 0 spiro atoms. The average molecular weight is 324 g/mol. The Morgan fingerprint density at radius 2 is 1.83 bits per heavy atom. The predicted octanol–water partition coefficient (Wildman–Crippen LogP) is 3.52. The molecule has 0 saturated carbocycles. The van der Waals surface area contributed by atoms with E-state index >= 15 is 0 Å². The Hall–Kier alpha value is -2.95. The zero-order valence-electron chi connectivity index (χ0n) is 13.3. The summed E-state index contributed by atoms with van der Waals surface area (Å²) in [5.41, 5.74) is 1.19. The van der Waals surface area contributed by atoms with Gasteiger partial charge in [0.15, 0.2) is 0 Å². The van der Waals surface area contributed by atoms with E-state index < -0.39 is 0 Å². The zero-order valence-corrected chi connectivity index (χ0v) is 13.3. The molecule has 24 heavy (non-hydrogen) atoms. The molecule has 0 saturated heterocycles. The Morgan fingerprint density at radius 1 is 1.08 bits per heavy atom. The Labute approximate surface area is 139 Å². The number of likely N-dealkylation sites (N-methyl/N-ethyl adjacent to an activating group) is 1. The summed E-state index contributed by atoms with van der Waals surface area (Å²) in [4.78, 5) is 18.4. The van der Waals surface area contributed by atoms with Crippen molar-refractivity contribution in [3.8, 4) is 5.75 Å². The van der Waals surface area contributed by atoms with Gasteiger partial charge in [-0.2, -0.15) is 0 Å². The van der Waals surface area contributed by atoms with Crippen LogP contribution in [0.5, 0.6) is 5.75 Å². The molecule has 0 radical (unpaired) electrons. The lowest BCUT2D eigenvalue weighted by Crippen LogP contribution is -2.31. The number of carbonyl (C=O) groups is 1. The molecule has 1 amide bonds. The van der Waals surface area contributed by atoms with Crippen LogP contribution in [0.4, 0.5) is 4.39 Å². The highest BCUT2D eigenvalue weighted by Gasteiger charge is 2.13. The van der Waals surface area contributed by atoms with Crippen molar-refractivity contribution in [2.24, 2.45) is 0 Å². The number of hydrogen-bond acceptors (Lipinski definition) is 3. The first-order valence-corrected chi connectivity index (χ1v) is 7.63. The number of pyridine rings is 1. The molecule has 5 heteroatoms. The summed E-state index contributed by atoms with van der Waals surface area (Å²) in [5, 5.41) is 0.997. The van der Waals surface area contributed by atoms with E-state index in [0.29, 0.717) is 24.6 Å². The van der Waals surface area contributed by atoms with Crippen LogP contribution in [0.15, 0.2) is 60.7 Å². The third-order valence-corrected chi connectivity index (χ3v) is 3.67. The highest BCUT2D eigenvalue weighted by Crippen LogP contribution is 2.13. The number of amides is 1. The maximum absolute atomic E-state index is 12.8. The normalized spacial score (nSPS) is 10.6. The molecule has 0 aliphatic carbocycles. The van der Waals surface area contributed by atoms with Gasteiger partial charge in [-0.15, -0.1) is 0 Å². The maximum atomic E-state index is 12.8. The number of hydrogen-bond donors (Lipinski definition) is 0. The van der Waals surface area contributed by atoms with Gasteiger partial charge in [0.05, 0.1) is 12.1 Å². The van der Waals surface area contributed by atoms with Crippen LogP contribution >= 0.6 is 0 Å². The molecular weight excluding hydrogens is 307 g/mol. The molecule has 0 unspecified atom stereocenters. The average Bonchev–Trinajstić information content (AvgIpc) is 2.62. The quantitative estimate of drug-likeness (QED) is 0.721. The van der Waals surface area contributed by atoms with Gasteiger partial charge in [0.2, 0.25) is 0 Å². The molecule has 0 atom stereocenters. The first kappa shape index (κ1) is 15.9. The molecule has 4 nitrogen and oxygen atoms in total. The fourth-order valence-corrected chi connectivity index (χ4v) is 2.31. The number of aromatic nitrogens is 1. The minimum absolute atomic E-state index is 0.163. The van der Waals surface area contributed by atoms with Crippen molar-refractivity contribution in [3.05, 3.63) is 72.2 Å². The number of carbonyl (C=O) groups excluding carboxylic acids is 1. The Kier molecular flexibility index (Phi) is 4.70. The summed E-state index contributed by atoms with van der Waals surface area (Å²) in [7, 11) is 1.70. The predicted molar refractivity (Wildman–Crippen MR) is 90.6 cm³/mol. The Balaban J connectivity index is 1.60. The monoisotopic (exact) mass is 324 g/mol. The third kappa shape index (κ3) is 3.68. The van der Waals surface area contributed by atoms with Gasteiger partial charge in [0.25, 0.3) is 5.91 Å². The van der Waals surface area contributed by atoms with Gasteiger partial charge in [-0.3, -0.25) is 4.79 Å². The van der Waals surface area contributed by atoms with E-state index in [1.807, 2.05) is 30.3 Å². The van der Waals surface area contributed by atoms with E-state index in [-0.39, 0.29) is 11.7 Å². The van der Waals surface area contributed by atoms with E-state index in [2.05, 4.69) is 4.98 Å². The molecule has 1 heterocycles. The molecule has 0 aliphatic rings. The molecule has 3 rings (SSSR count). The topological polar surface area (TPSA) is 42.4 Å². The Morgan fingerprint density at radius 3 is 2.62 bits per heavy atom. The number of nitrogens with zero attached hydrogens (tertiary/aromatic N) is 2. The van der Waals surface area contributed by atoms with Crippen molar-refractivity contribution in [1.82, 2.24) is 9.88 Å². The molecule has 3 aromatic rings. The van der Waals surface area contributed by atoms with Crippen molar-refractivity contribution in [2.75, 3.05) is 20.2 Å². The zero-order chi connectivity index (χ0) is 16.9. The summed E-state index contributed by atoms with van der Waals surface area (Å²) >= 11 is 0. The Bertz CT molecular complexity index is 849. The second kappa shape index (κ2) is 7.08. The summed E-state index contributed by atoms with van der Waals surface area (Å²) in [5.74, 6) is 0.0987. The van der Waals surface area contributed by atoms with Gasteiger partial charge >= 0.3 is 0 Å². The van der Waals surface area contributed by atoms with E-state index in [1.165, 1.54) is 12.1 Å². The summed E-state index contributed by atoms with van der Waals surface area (Å²) in [6.07, 6.45) is 0. The number of para-hydroxylation sites is 1. The number of fused-ring (bicyclic) bond motifs is 1. The van der Waals surface area contributed by atoms with Crippen molar-refractivity contribution in [2.45, 2.75) is 0 Å². The first-order chi connectivity index (χ1) is 11.6. The summed E-state index contributed by atoms with van der Waals surface area (Å²) in [6.45, 7) is 0.728. The molecule has 0 N–H and O–H groups in total. The first-order valence-electron chi connectivity index (χ1n) is 7.63. The van der Waals surface area contributed by atoms with Crippen molar-refractivity contribution >= 4 is 16.8 Å². The number of halogens is 1. The lowest BCUT2D eigenvalue weighted by atomic mass is 10.2. The van der Waals surface area contributed by atoms with Gasteiger partial charge in [0.1, 0.15) is 23.9 Å². The summed E-state index contributed by atoms with van der Waals surface area (Å²) in [6, 6.07) is 17.1. The second-order valence-electron chi connectivity index (χ2n) is 5.42. The maximum Gasteiger partial charge on any atom is 0.272 e. The van der Waals surface area contributed by atoms with E-state index in [1.54, 1.807) is 30.1 Å². The van der Waals surface area contributed by atoms with Crippen molar-refractivity contribution < 1.29 is 13.9 Å². The number of rotatable bonds is 5. The van der Waals surface area contributed by atoms with Crippen LogP contribution in [0, 0.1) is 5.82 Å². The molecule has 1 aromatic heterocycles. The van der Waals surface area contributed by atoms with Crippen LogP contribution in [0.2, 0.25) is 0 Å². The lowest BCUT2D eigenvalue weighted by Gasteiger charge is -2.17. The van der Waals surface area contributed by atoms with Crippen LogP contribution < -0.4 is 4.74 Å². The van der Waals surface area contributed by atoms with Crippen LogP contribution in [-0.4, -0.2) is 36.0 Å². The summed E-state index contributed by atoms with van der Waals surface area (Å²) < 4.78 is 18.3. The molecule has 2 aromatic carbocycles. The highest BCUT2D eigenvalue weighted by molar-refractivity contribution is 5.94. The van der Waals surface area contributed by atoms with E-state index in [0.717, 1.165) is 10.9 Å². The van der Waals surface area contributed by atoms with Crippen LogP contribution in [0.3, 0.4) is 0 Å². The van der Waals surface area contributed by atoms with E-state index in [4.69, 9.17) is 4.74 Å². The number of ether oxygens (including phenoxy) is 1. The number of benzene rings is 2. The van der Waals surface area contributed by atoms with E-state index in [9.17, 15) is 9.18 Å². The molecule has 0 bridgehead atoms. The van der Waals surface area contributed by atoms with Gasteiger partial charge < -0.3 is 9.64 Å². The largest absolute Gasteiger partial charge is 0.492 e. The van der Waals surface area contributed by atoms with Gasteiger partial charge in [0, 0.05) is 12.4 Å². The van der Waals surface area contributed by atoms with Gasteiger partial charge in [-0.25, -0.2) is 9.37 Å². The standard InChI is InChI=1S/C19H17FN2O2/c1-22(12-13-24-16-9-7-15(20)8-10-16)19(23)18-11-6-14-4-2-3-5-17(14)21-18/h2-11H,12-13H2,1H3. The molecule has 0 fully saturated rings. The smallest absolute Gasteiger partial charge is 0.272 e. The fourth-order valence-electron chi connectivity index (χ4n) is 2.31. The molecular formula is C19H17FN2O2. The van der Waals surface area contributed by atoms with Crippen molar-refractivity contribution in [1.29, 1.82) is 0 Å². The van der Waals surface area contributed by atoms with Crippen LogP contribution in [0.1, 0.15) is 10.5 Å². The SMILES string of the molecule is CN(CCOc1ccc(F)cc1)C(=O)c1ccc2ccccc2n1. The third-order valence-electron chi connectivity index (χ3n) is 3.67.